The van der Waals surface area contributed by atoms with E-state index in [9.17, 15) is 0 Å². The molecule has 1 aromatic heterocycles. The lowest BCUT2D eigenvalue weighted by Gasteiger charge is -2.07. The van der Waals surface area contributed by atoms with Crippen LogP contribution in [0.2, 0.25) is 0 Å². The number of hydrogen-bond acceptors (Lipinski definition) is 2. The molecule has 66 valence electrons. The Bertz CT molecular complexity index is 236. The van der Waals surface area contributed by atoms with Crippen LogP contribution in [0.4, 0.5) is 0 Å². The molecule has 0 aliphatic carbocycles. The van der Waals surface area contributed by atoms with Crippen LogP contribution in [0.25, 0.3) is 0 Å². The van der Waals surface area contributed by atoms with E-state index in [1.165, 1.54) is 16.7 Å². The fourth-order valence-corrected chi connectivity index (χ4v) is 1.37. The van der Waals surface area contributed by atoms with E-state index in [1.807, 2.05) is 19.4 Å². The van der Waals surface area contributed by atoms with Crippen molar-refractivity contribution in [2.75, 3.05) is 13.6 Å². The number of hydrogen-bond donors (Lipinski definition) is 1. The van der Waals surface area contributed by atoms with E-state index in [0.29, 0.717) is 0 Å². The fraction of sp³-hybridized carbons (Fsp3) is 0.500. The molecule has 0 saturated heterocycles. The highest BCUT2D eigenvalue weighted by Crippen LogP contribution is 2.11. The third kappa shape index (κ3) is 2.05. The van der Waals surface area contributed by atoms with Crippen LogP contribution in [-0.2, 0) is 6.42 Å². The Balaban J connectivity index is 2.81. The van der Waals surface area contributed by atoms with Crippen LogP contribution < -0.4 is 5.32 Å². The van der Waals surface area contributed by atoms with Gasteiger partial charge in [0, 0.05) is 12.4 Å². The molecule has 0 radical (unpaired) electrons. The summed E-state index contributed by atoms with van der Waals surface area (Å²) in [7, 11) is 1.98. The normalized spacial score (nSPS) is 10.2. The van der Waals surface area contributed by atoms with Gasteiger partial charge >= 0.3 is 0 Å². The quantitative estimate of drug-likeness (QED) is 0.731. The molecular formula is C10H16N2. The van der Waals surface area contributed by atoms with Crippen molar-refractivity contribution in [2.45, 2.75) is 20.3 Å². The summed E-state index contributed by atoms with van der Waals surface area (Å²) in [6, 6.07) is 0. The van der Waals surface area contributed by atoms with Gasteiger partial charge in [-0.25, -0.2) is 0 Å². The maximum atomic E-state index is 4.13. The smallest absolute Gasteiger partial charge is 0.0300 e. The van der Waals surface area contributed by atoms with Crippen molar-refractivity contribution in [1.29, 1.82) is 0 Å². The highest BCUT2D eigenvalue weighted by atomic mass is 14.8. The maximum absolute atomic E-state index is 4.13. The number of nitrogens with zero attached hydrogens (tertiary/aromatic N) is 1. The second kappa shape index (κ2) is 4.21. The SMILES string of the molecule is CNCCc1c(C)cncc1C. The largest absolute Gasteiger partial charge is 0.319 e. The molecule has 0 fully saturated rings. The summed E-state index contributed by atoms with van der Waals surface area (Å²) >= 11 is 0. The molecule has 0 aromatic carbocycles. The van der Waals surface area contributed by atoms with Gasteiger partial charge in [-0.3, -0.25) is 4.98 Å². The number of nitrogens with one attached hydrogen (secondary N) is 1. The summed E-state index contributed by atoms with van der Waals surface area (Å²) in [5, 5.41) is 3.15. The van der Waals surface area contributed by atoms with Gasteiger partial charge < -0.3 is 5.32 Å². The molecule has 0 aliphatic rings. The molecular weight excluding hydrogens is 148 g/mol. The number of likely N-dealkylation sites (N-methyl/N-ethyl adjacent to an activating group) is 1. The van der Waals surface area contributed by atoms with Gasteiger partial charge in [0.1, 0.15) is 0 Å². The first-order valence-corrected chi connectivity index (χ1v) is 4.30. The third-order valence-corrected chi connectivity index (χ3v) is 2.11. The molecule has 0 atom stereocenters. The van der Waals surface area contributed by atoms with Crippen LogP contribution in [0.1, 0.15) is 16.7 Å². The van der Waals surface area contributed by atoms with Crippen LogP contribution >= 0.6 is 0 Å². The molecule has 1 N–H and O–H groups in total. The fourth-order valence-electron chi connectivity index (χ4n) is 1.37. The average Bonchev–Trinajstić information content (AvgIpc) is 2.04. The summed E-state index contributed by atoms with van der Waals surface area (Å²) in [5.41, 5.74) is 4.02. The molecule has 1 rings (SSSR count). The lowest BCUT2D eigenvalue weighted by molar-refractivity contribution is 0.783. The van der Waals surface area contributed by atoms with Crippen molar-refractivity contribution in [3.8, 4) is 0 Å². The number of pyridine rings is 1. The van der Waals surface area contributed by atoms with Crippen LogP contribution in [0, 0.1) is 13.8 Å². The van der Waals surface area contributed by atoms with E-state index in [1.54, 1.807) is 0 Å². The Morgan fingerprint density at radius 3 is 2.33 bits per heavy atom. The van der Waals surface area contributed by atoms with Gasteiger partial charge in [0.2, 0.25) is 0 Å². The molecule has 0 saturated carbocycles. The van der Waals surface area contributed by atoms with Crippen molar-refractivity contribution in [3.05, 3.63) is 29.1 Å². The van der Waals surface area contributed by atoms with Crippen molar-refractivity contribution in [1.82, 2.24) is 10.3 Å². The predicted octanol–water partition coefficient (Wildman–Crippen LogP) is 1.46. The first-order valence-electron chi connectivity index (χ1n) is 4.30. The molecule has 0 bridgehead atoms. The Hall–Kier alpha value is -0.890. The first-order chi connectivity index (χ1) is 5.75. The molecule has 2 nitrogen and oxygen atoms in total. The molecule has 0 amide bonds. The van der Waals surface area contributed by atoms with E-state index < -0.39 is 0 Å². The first kappa shape index (κ1) is 9.20. The van der Waals surface area contributed by atoms with E-state index >= 15 is 0 Å². The summed E-state index contributed by atoms with van der Waals surface area (Å²) in [6.07, 6.45) is 4.95. The van der Waals surface area contributed by atoms with Gasteiger partial charge in [0.25, 0.3) is 0 Å². The lowest BCUT2D eigenvalue weighted by Crippen LogP contribution is -2.12. The zero-order valence-corrected chi connectivity index (χ0v) is 8.02. The minimum absolute atomic E-state index is 1.03. The van der Waals surface area contributed by atoms with E-state index in [-0.39, 0.29) is 0 Å². The van der Waals surface area contributed by atoms with E-state index in [2.05, 4.69) is 24.1 Å². The number of aromatic nitrogens is 1. The van der Waals surface area contributed by atoms with Gasteiger partial charge in [0.15, 0.2) is 0 Å². The van der Waals surface area contributed by atoms with E-state index in [0.717, 1.165) is 13.0 Å². The highest BCUT2D eigenvalue weighted by molar-refractivity contribution is 5.29. The molecule has 1 heterocycles. The van der Waals surface area contributed by atoms with Crippen molar-refractivity contribution < 1.29 is 0 Å². The highest BCUT2D eigenvalue weighted by Gasteiger charge is 2.00. The molecule has 1 aromatic rings. The van der Waals surface area contributed by atoms with Gasteiger partial charge in [0.05, 0.1) is 0 Å². The van der Waals surface area contributed by atoms with E-state index in [4.69, 9.17) is 0 Å². The Morgan fingerprint density at radius 1 is 1.25 bits per heavy atom. The molecule has 0 spiro atoms. The monoisotopic (exact) mass is 164 g/mol. The van der Waals surface area contributed by atoms with Crippen molar-refractivity contribution >= 4 is 0 Å². The number of rotatable bonds is 3. The molecule has 2 heteroatoms. The Kier molecular flexibility index (Phi) is 3.23. The van der Waals surface area contributed by atoms with Gasteiger partial charge in [-0.2, -0.15) is 0 Å². The van der Waals surface area contributed by atoms with Gasteiger partial charge in [-0.05, 0) is 50.6 Å². The van der Waals surface area contributed by atoms with Crippen LogP contribution in [0.15, 0.2) is 12.4 Å². The molecule has 0 aliphatic heterocycles. The van der Waals surface area contributed by atoms with Crippen LogP contribution in [-0.4, -0.2) is 18.6 Å². The maximum Gasteiger partial charge on any atom is 0.0300 e. The minimum atomic E-state index is 1.03. The Labute approximate surface area is 74.0 Å². The number of aryl methyl sites for hydroxylation is 2. The minimum Gasteiger partial charge on any atom is -0.319 e. The van der Waals surface area contributed by atoms with Crippen molar-refractivity contribution in [3.63, 3.8) is 0 Å². The summed E-state index contributed by atoms with van der Waals surface area (Å²) in [5.74, 6) is 0. The zero-order valence-electron chi connectivity index (χ0n) is 8.02. The molecule has 0 unspecified atom stereocenters. The topological polar surface area (TPSA) is 24.9 Å². The predicted molar refractivity (Wildman–Crippen MR) is 51.3 cm³/mol. The second-order valence-corrected chi connectivity index (χ2v) is 3.11. The summed E-state index contributed by atoms with van der Waals surface area (Å²) in [4.78, 5) is 4.13. The lowest BCUT2D eigenvalue weighted by atomic mass is 10.0. The summed E-state index contributed by atoms with van der Waals surface area (Å²) < 4.78 is 0. The van der Waals surface area contributed by atoms with Crippen LogP contribution in [0.3, 0.4) is 0 Å². The van der Waals surface area contributed by atoms with Crippen LogP contribution in [0.5, 0.6) is 0 Å². The standard InChI is InChI=1S/C10H16N2/c1-8-6-12-7-9(2)10(8)4-5-11-3/h6-7,11H,4-5H2,1-3H3. The Morgan fingerprint density at radius 2 is 1.83 bits per heavy atom. The second-order valence-electron chi connectivity index (χ2n) is 3.11. The van der Waals surface area contributed by atoms with Crippen molar-refractivity contribution in [2.24, 2.45) is 0 Å². The summed E-state index contributed by atoms with van der Waals surface area (Å²) in [6.45, 7) is 5.27. The van der Waals surface area contributed by atoms with Gasteiger partial charge in [-0.1, -0.05) is 0 Å². The molecule has 12 heavy (non-hydrogen) atoms. The van der Waals surface area contributed by atoms with Gasteiger partial charge in [-0.15, -0.1) is 0 Å². The zero-order chi connectivity index (χ0) is 8.97. The average molecular weight is 164 g/mol. The third-order valence-electron chi connectivity index (χ3n) is 2.11.